The van der Waals surface area contributed by atoms with Crippen molar-refractivity contribution in [2.75, 3.05) is 7.05 Å². The first-order valence-electron chi connectivity index (χ1n) is 5.12. The maximum Gasteiger partial charge on any atom is 0.0402 e. The molecule has 0 aromatic heterocycles. The summed E-state index contributed by atoms with van der Waals surface area (Å²) in [6.45, 7) is 11.0. The summed E-state index contributed by atoms with van der Waals surface area (Å²) in [5.41, 5.74) is 2.82. The molecule has 0 bridgehead atoms. The van der Waals surface area contributed by atoms with Crippen molar-refractivity contribution >= 4 is 5.71 Å². The highest BCUT2D eigenvalue weighted by Gasteiger charge is 2.24. The maximum atomic E-state index is 4.38. The van der Waals surface area contributed by atoms with Crippen LogP contribution in [0.4, 0.5) is 0 Å². The van der Waals surface area contributed by atoms with E-state index in [0.717, 1.165) is 12.8 Å². The Morgan fingerprint density at radius 2 is 1.69 bits per heavy atom. The summed E-state index contributed by atoms with van der Waals surface area (Å²) in [4.78, 5) is 4.38. The highest BCUT2D eigenvalue weighted by molar-refractivity contribution is 5.99. The molecule has 0 aliphatic heterocycles. The first-order valence-corrected chi connectivity index (χ1v) is 5.12. The molecular weight excluding hydrogens is 158 g/mol. The third-order valence-corrected chi connectivity index (χ3v) is 2.85. The van der Waals surface area contributed by atoms with Gasteiger partial charge in [0.1, 0.15) is 0 Å². The molecule has 1 heteroatoms. The van der Waals surface area contributed by atoms with Crippen LogP contribution in [0.2, 0.25) is 0 Å². The van der Waals surface area contributed by atoms with E-state index in [-0.39, 0.29) is 5.41 Å². The Kier molecular flexibility index (Phi) is 4.97. The standard InChI is InChI=1S/C12H23N/c1-7-12(5,8-2)11(13-6)9-10(3)4/h9H,7-8H2,1-6H3/b13-11+. The van der Waals surface area contributed by atoms with Crippen LogP contribution in [0.1, 0.15) is 47.5 Å². The van der Waals surface area contributed by atoms with Gasteiger partial charge in [0.25, 0.3) is 0 Å². The summed E-state index contributed by atoms with van der Waals surface area (Å²) in [7, 11) is 1.89. The van der Waals surface area contributed by atoms with E-state index >= 15 is 0 Å². The summed E-state index contributed by atoms with van der Waals surface area (Å²) in [6.07, 6.45) is 4.51. The molecule has 0 radical (unpaired) electrons. The number of allylic oxidation sites excluding steroid dienone is 2. The molecule has 0 aromatic rings. The van der Waals surface area contributed by atoms with Crippen molar-refractivity contribution in [2.45, 2.75) is 47.5 Å². The SMILES string of the molecule is CCC(C)(CC)/C(C=C(C)C)=N/C. The smallest absolute Gasteiger partial charge is 0.0402 e. The van der Waals surface area contributed by atoms with Crippen LogP contribution in [0.15, 0.2) is 16.6 Å². The quantitative estimate of drug-likeness (QED) is 0.584. The predicted molar refractivity (Wildman–Crippen MR) is 61.5 cm³/mol. The number of hydrogen-bond donors (Lipinski definition) is 0. The van der Waals surface area contributed by atoms with E-state index in [0.29, 0.717) is 0 Å². The van der Waals surface area contributed by atoms with Gasteiger partial charge in [-0.15, -0.1) is 0 Å². The molecule has 0 aromatic carbocycles. The van der Waals surface area contributed by atoms with Crippen LogP contribution in [0, 0.1) is 5.41 Å². The number of nitrogens with zero attached hydrogens (tertiary/aromatic N) is 1. The van der Waals surface area contributed by atoms with Crippen molar-refractivity contribution in [2.24, 2.45) is 10.4 Å². The topological polar surface area (TPSA) is 12.4 Å². The lowest BCUT2D eigenvalue weighted by molar-refractivity contribution is 0.434. The Morgan fingerprint density at radius 3 is 1.92 bits per heavy atom. The molecule has 0 heterocycles. The largest absolute Gasteiger partial charge is 0.293 e. The van der Waals surface area contributed by atoms with Crippen molar-refractivity contribution in [3.05, 3.63) is 11.6 Å². The van der Waals surface area contributed by atoms with Gasteiger partial charge in [-0.25, -0.2) is 0 Å². The molecule has 0 spiro atoms. The summed E-state index contributed by atoms with van der Waals surface area (Å²) in [5, 5.41) is 0. The van der Waals surface area contributed by atoms with E-state index < -0.39 is 0 Å². The third-order valence-electron chi connectivity index (χ3n) is 2.85. The van der Waals surface area contributed by atoms with E-state index in [1.807, 2.05) is 7.05 Å². The molecule has 0 saturated heterocycles. The van der Waals surface area contributed by atoms with E-state index in [2.05, 4.69) is 45.7 Å². The fraction of sp³-hybridized carbons (Fsp3) is 0.750. The zero-order chi connectivity index (χ0) is 10.5. The molecule has 0 atom stereocenters. The lowest BCUT2D eigenvalue weighted by Crippen LogP contribution is -2.24. The Morgan fingerprint density at radius 1 is 1.23 bits per heavy atom. The lowest BCUT2D eigenvalue weighted by atomic mass is 9.79. The molecule has 0 aliphatic rings. The predicted octanol–water partition coefficient (Wildman–Crippen LogP) is 3.85. The van der Waals surface area contributed by atoms with Gasteiger partial charge in [-0.05, 0) is 32.8 Å². The number of rotatable bonds is 4. The average Bonchev–Trinajstić information content (AvgIpc) is 2.12. The summed E-state index contributed by atoms with van der Waals surface area (Å²) in [6, 6.07) is 0. The minimum absolute atomic E-state index is 0.256. The molecule has 0 amide bonds. The Balaban J connectivity index is 4.87. The normalized spacial score (nSPS) is 12.9. The Bertz CT molecular complexity index is 203. The van der Waals surface area contributed by atoms with Gasteiger partial charge in [-0.2, -0.15) is 0 Å². The zero-order valence-electron chi connectivity index (χ0n) is 9.94. The van der Waals surface area contributed by atoms with Crippen molar-refractivity contribution in [1.29, 1.82) is 0 Å². The van der Waals surface area contributed by atoms with Gasteiger partial charge in [0.2, 0.25) is 0 Å². The van der Waals surface area contributed by atoms with Gasteiger partial charge in [0.05, 0.1) is 0 Å². The van der Waals surface area contributed by atoms with Crippen molar-refractivity contribution in [3.8, 4) is 0 Å². The average molecular weight is 181 g/mol. The van der Waals surface area contributed by atoms with Crippen molar-refractivity contribution < 1.29 is 0 Å². The number of aliphatic imine (C=N–C) groups is 1. The van der Waals surface area contributed by atoms with Gasteiger partial charge in [-0.1, -0.05) is 26.3 Å². The first-order chi connectivity index (χ1) is 6.00. The van der Waals surface area contributed by atoms with Crippen LogP contribution < -0.4 is 0 Å². The monoisotopic (exact) mass is 181 g/mol. The van der Waals surface area contributed by atoms with Crippen LogP contribution in [-0.4, -0.2) is 12.8 Å². The van der Waals surface area contributed by atoms with Gasteiger partial charge >= 0.3 is 0 Å². The fourth-order valence-corrected chi connectivity index (χ4v) is 1.39. The Labute approximate surface area is 83.0 Å². The van der Waals surface area contributed by atoms with Gasteiger partial charge < -0.3 is 0 Å². The van der Waals surface area contributed by atoms with Gasteiger partial charge in [0.15, 0.2) is 0 Å². The van der Waals surface area contributed by atoms with E-state index in [4.69, 9.17) is 0 Å². The van der Waals surface area contributed by atoms with E-state index in [1.54, 1.807) is 0 Å². The van der Waals surface area contributed by atoms with Crippen LogP contribution in [0.3, 0.4) is 0 Å². The van der Waals surface area contributed by atoms with Crippen LogP contribution >= 0.6 is 0 Å². The first kappa shape index (κ1) is 12.4. The highest BCUT2D eigenvalue weighted by Crippen LogP contribution is 2.28. The molecule has 76 valence electrons. The maximum absolute atomic E-state index is 4.38. The summed E-state index contributed by atoms with van der Waals surface area (Å²) in [5.74, 6) is 0. The van der Waals surface area contributed by atoms with Crippen molar-refractivity contribution in [3.63, 3.8) is 0 Å². The highest BCUT2D eigenvalue weighted by atomic mass is 14.7. The molecule has 0 saturated carbocycles. The number of hydrogen-bond acceptors (Lipinski definition) is 1. The second-order valence-corrected chi connectivity index (χ2v) is 4.10. The summed E-state index contributed by atoms with van der Waals surface area (Å²) < 4.78 is 0. The second-order valence-electron chi connectivity index (χ2n) is 4.10. The molecule has 0 rings (SSSR count). The zero-order valence-corrected chi connectivity index (χ0v) is 9.94. The van der Waals surface area contributed by atoms with Gasteiger partial charge in [-0.3, -0.25) is 4.99 Å². The molecule has 13 heavy (non-hydrogen) atoms. The molecule has 1 nitrogen and oxygen atoms in total. The summed E-state index contributed by atoms with van der Waals surface area (Å²) >= 11 is 0. The Hall–Kier alpha value is -0.590. The molecular formula is C12H23N. The van der Waals surface area contributed by atoms with Crippen LogP contribution in [-0.2, 0) is 0 Å². The van der Waals surface area contributed by atoms with E-state index in [1.165, 1.54) is 11.3 Å². The molecule has 0 unspecified atom stereocenters. The second kappa shape index (κ2) is 5.21. The molecule has 0 fully saturated rings. The van der Waals surface area contributed by atoms with E-state index in [9.17, 15) is 0 Å². The van der Waals surface area contributed by atoms with Crippen molar-refractivity contribution in [1.82, 2.24) is 0 Å². The fourth-order valence-electron chi connectivity index (χ4n) is 1.39. The van der Waals surface area contributed by atoms with Gasteiger partial charge in [0, 0.05) is 18.2 Å². The molecule has 0 N–H and O–H groups in total. The minimum atomic E-state index is 0.256. The minimum Gasteiger partial charge on any atom is -0.293 e. The van der Waals surface area contributed by atoms with Crippen LogP contribution in [0.25, 0.3) is 0 Å². The molecule has 0 aliphatic carbocycles. The van der Waals surface area contributed by atoms with Crippen LogP contribution in [0.5, 0.6) is 0 Å². The third kappa shape index (κ3) is 3.33. The lowest BCUT2D eigenvalue weighted by Gasteiger charge is -2.27.